The van der Waals surface area contributed by atoms with Gasteiger partial charge in [0.15, 0.2) is 0 Å². The van der Waals surface area contributed by atoms with Crippen LogP contribution in [0.3, 0.4) is 0 Å². The van der Waals surface area contributed by atoms with Gasteiger partial charge in [-0.15, -0.1) is 0 Å². The minimum Gasteiger partial charge on any atom is -0.387 e. The molecular weight excluding hydrogens is 478 g/mol. The first-order chi connectivity index (χ1) is 17.5. The van der Waals surface area contributed by atoms with E-state index in [0.717, 1.165) is 87.7 Å². The normalized spacial score (nSPS) is 24.9. The van der Waals surface area contributed by atoms with Gasteiger partial charge in [0.2, 0.25) is 0 Å². The number of anilines is 1. The van der Waals surface area contributed by atoms with Gasteiger partial charge in [0.05, 0.1) is 23.9 Å². The van der Waals surface area contributed by atoms with Crippen molar-refractivity contribution in [2.45, 2.75) is 50.3 Å². The van der Waals surface area contributed by atoms with Crippen LogP contribution in [0.2, 0.25) is 5.02 Å². The summed E-state index contributed by atoms with van der Waals surface area (Å²) in [5.74, 6) is 1.71. The summed E-state index contributed by atoms with van der Waals surface area (Å²) >= 11 is 6.19. The Bertz CT molecular complexity index is 1020. The summed E-state index contributed by atoms with van der Waals surface area (Å²) in [4.78, 5) is 26.1. The molecule has 2 fully saturated rings. The second-order valence-corrected chi connectivity index (χ2v) is 10.7. The number of nitrogens with one attached hydrogen (secondary N) is 1. The van der Waals surface area contributed by atoms with Gasteiger partial charge in [-0.05, 0) is 55.3 Å². The van der Waals surface area contributed by atoms with Crippen molar-refractivity contribution in [1.82, 2.24) is 20.2 Å². The Morgan fingerprint density at radius 2 is 1.89 bits per heavy atom. The Kier molecular flexibility index (Phi) is 8.18. The number of nitrogens with zero attached hydrogens (tertiary/aromatic N) is 4. The lowest BCUT2D eigenvalue weighted by Crippen LogP contribution is -2.53. The third-order valence-corrected chi connectivity index (χ3v) is 8.22. The zero-order chi connectivity index (χ0) is 25.1. The Labute approximate surface area is 218 Å². The zero-order valence-corrected chi connectivity index (χ0v) is 21.6. The molecule has 2 unspecified atom stereocenters. The van der Waals surface area contributed by atoms with Crippen molar-refractivity contribution in [3.8, 4) is 0 Å². The van der Waals surface area contributed by atoms with Crippen molar-refractivity contribution >= 4 is 23.7 Å². The van der Waals surface area contributed by atoms with Crippen LogP contribution >= 0.6 is 11.6 Å². The predicted octanol–water partition coefficient (Wildman–Crippen LogP) is 3.12. The highest BCUT2D eigenvalue weighted by molar-refractivity contribution is 6.30. The van der Waals surface area contributed by atoms with Crippen LogP contribution in [-0.2, 0) is 9.53 Å². The number of fused-ring (bicyclic) bond motifs is 1. The van der Waals surface area contributed by atoms with Gasteiger partial charge in [0, 0.05) is 50.0 Å². The van der Waals surface area contributed by atoms with Gasteiger partial charge in [0.25, 0.3) is 0 Å². The number of aliphatic hydroxyl groups excluding tert-OH is 1. The van der Waals surface area contributed by atoms with Crippen molar-refractivity contribution in [2.24, 2.45) is 5.92 Å². The van der Waals surface area contributed by atoms with Crippen molar-refractivity contribution in [3.63, 3.8) is 0 Å². The fourth-order valence-electron chi connectivity index (χ4n) is 5.96. The van der Waals surface area contributed by atoms with E-state index in [1.807, 2.05) is 24.3 Å². The van der Waals surface area contributed by atoms with E-state index in [1.165, 1.54) is 0 Å². The lowest BCUT2D eigenvalue weighted by Gasteiger charge is -2.42. The number of rotatable bonds is 8. The van der Waals surface area contributed by atoms with E-state index in [1.54, 1.807) is 6.33 Å². The molecule has 0 radical (unpaired) electrons. The van der Waals surface area contributed by atoms with Gasteiger partial charge < -0.3 is 24.9 Å². The van der Waals surface area contributed by atoms with Crippen LogP contribution in [0.4, 0.5) is 5.82 Å². The second kappa shape index (κ2) is 11.5. The van der Waals surface area contributed by atoms with E-state index in [0.29, 0.717) is 17.4 Å². The Morgan fingerprint density at radius 3 is 2.58 bits per heavy atom. The maximum absolute atomic E-state index is 12.4. The molecule has 9 heteroatoms. The van der Waals surface area contributed by atoms with E-state index >= 15 is 0 Å². The van der Waals surface area contributed by atoms with Crippen molar-refractivity contribution < 1.29 is 14.6 Å². The summed E-state index contributed by atoms with van der Waals surface area (Å²) in [5, 5.41) is 14.7. The van der Waals surface area contributed by atoms with Crippen LogP contribution < -0.4 is 10.2 Å². The number of carbonyl (C=O) groups is 1. The van der Waals surface area contributed by atoms with Gasteiger partial charge in [-0.2, -0.15) is 0 Å². The van der Waals surface area contributed by atoms with Crippen molar-refractivity contribution in [2.75, 3.05) is 50.8 Å². The molecule has 0 saturated carbocycles. The topological polar surface area (TPSA) is 90.8 Å². The average Bonchev–Trinajstić information content (AvgIpc) is 3.21. The van der Waals surface area contributed by atoms with Gasteiger partial charge in [-0.25, -0.2) is 9.97 Å². The molecule has 1 aliphatic carbocycles. The van der Waals surface area contributed by atoms with Crippen molar-refractivity contribution in [3.05, 3.63) is 52.4 Å². The van der Waals surface area contributed by atoms with Gasteiger partial charge in [-0.3, -0.25) is 4.90 Å². The number of piperazine rings is 1. The highest BCUT2D eigenvalue weighted by atomic mass is 35.5. The largest absolute Gasteiger partial charge is 0.387 e. The third-order valence-electron chi connectivity index (χ3n) is 7.97. The second-order valence-electron chi connectivity index (χ2n) is 10.3. The number of ether oxygens (including phenoxy) is 1. The highest BCUT2D eigenvalue weighted by Crippen LogP contribution is 2.43. The van der Waals surface area contributed by atoms with Gasteiger partial charge in [-0.1, -0.05) is 30.7 Å². The molecule has 194 valence electrons. The molecular formula is C27H36ClN5O3. The molecule has 0 spiro atoms. The average molecular weight is 514 g/mol. The molecule has 4 atom stereocenters. The summed E-state index contributed by atoms with van der Waals surface area (Å²) in [6, 6.07) is 7.46. The summed E-state index contributed by atoms with van der Waals surface area (Å²) < 4.78 is 5.50. The molecule has 5 rings (SSSR count). The molecule has 2 N–H and O–H groups in total. The minimum absolute atomic E-state index is 0.0846. The molecule has 0 bridgehead atoms. The molecule has 0 amide bonds. The van der Waals surface area contributed by atoms with Crippen LogP contribution in [0.15, 0.2) is 30.6 Å². The molecule has 2 aliphatic heterocycles. The Balaban J connectivity index is 1.32. The van der Waals surface area contributed by atoms with Crippen LogP contribution in [0, 0.1) is 5.92 Å². The van der Waals surface area contributed by atoms with Crippen LogP contribution in [0.25, 0.3) is 0 Å². The number of benzene rings is 1. The van der Waals surface area contributed by atoms with Crippen LogP contribution in [0.1, 0.15) is 61.1 Å². The van der Waals surface area contributed by atoms with Gasteiger partial charge >= 0.3 is 0 Å². The first kappa shape index (κ1) is 25.5. The number of carbonyl (C=O) groups excluding carboxylic acids is 1. The summed E-state index contributed by atoms with van der Waals surface area (Å²) in [6.45, 7) is 7.71. The molecule has 8 nitrogen and oxygen atoms in total. The molecule has 36 heavy (non-hydrogen) atoms. The smallest absolute Gasteiger partial charge is 0.138 e. The molecule has 1 aromatic heterocycles. The Morgan fingerprint density at radius 1 is 1.17 bits per heavy atom. The zero-order valence-electron chi connectivity index (χ0n) is 20.9. The fourth-order valence-corrected chi connectivity index (χ4v) is 6.08. The lowest BCUT2D eigenvalue weighted by atomic mass is 9.95. The predicted molar refractivity (Wildman–Crippen MR) is 139 cm³/mol. The summed E-state index contributed by atoms with van der Waals surface area (Å²) in [5.41, 5.74) is 2.94. The van der Waals surface area contributed by atoms with Gasteiger partial charge in [0.1, 0.15) is 18.4 Å². The third kappa shape index (κ3) is 5.43. The van der Waals surface area contributed by atoms with Crippen LogP contribution in [-0.4, -0.2) is 78.2 Å². The molecule has 3 aliphatic rings. The van der Waals surface area contributed by atoms with E-state index in [9.17, 15) is 9.90 Å². The van der Waals surface area contributed by atoms with E-state index in [2.05, 4.69) is 32.0 Å². The monoisotopic (exact) mass is 513 g/mol. The SMILES string of the molecule is C[C@@H]1C[C@@H](O)c2ncnc(N3CCN(C(c4ccc(Cl)cc4)C(C=O)NCC4CCOCC4)CC3)c21. The van der Waals surface area contributed by atoms with Crippen molar-refractivity contribution in [1.29, 1.82) is 0 Å². The number of aromatic nitrogens is 2. The quantitative estimate of drug-likeness (QED) is 0.520. The minimum atomic E-state index is -0.512. The fraction of sp³-hybridized carbons (Fsp3) is 0.593. The maximum Gasteiger partial charge on any atom is 0.138 e. The standard InChI is InChI=1S/C27H36ClN5O3/c1-18-14-23(35)25-24(18)27(31-17-30-25)33-10-8-32(9-11-33)26(20-2-4-21(28)5-3-20)22(16-34)29-15-19-6-12-36-13-7-19/h2-5,16-19,22-23,26,29,35H,6-15H2,1H3/t18-,22?,23-,26?/m1/s1. The summed E-state index contributed by atoms with van der Waals surface area (Å²) in [7, 11) is 0. The van der Waals surface area contributed by atoms with Crippen LogP contribution in [0.5, 0.6) is 0 Å². The summed E-state index contributed by atoms with van der Waals surface area (Å²) in [6.07, 6.45) is 4.87. The number of hydrogen-bond donors (Lipinski definition) is 2. The first-order valence-corrected chi connectivity index (χ1v) is 13.5. The lowest BCUT2D eigenvalue weighted by molar-refractivity contribution is -0.111. The Hall–Kier alpha value is -2.10. The number of halogens is 1. The molecule has 3 heterocycles. The molecule has 2 aromatic rings. The van der Waals surface area contributed by atoms with E-state index in [-0.39, 0.29) is 18.0 Å². The van der Waals surface area contributed by atoms with E-state index < -0.39 is 6.10 Å². The van der Waals surface area contributed by atoms with E-state index in [4.69, 9.17) is 16.3 Å². The maximum atomic E-state index is 12.4. The number of aliphatic hydroxyl groups is 1. The first-order valence-electron chi connectivity index (χ1n) is 13.1. The molecule has 2 saturated heterocycles. The number of hydrogen-bond acceptors (Lipinski definition) is 8. The molecule has 1 aromatic carbocycles. The highest BCUT2D eigenvalue weighted by Gasteiger charge is 2.36. The number of aldehydes is 1.